The van der Waals surface area contributed by atoms with Crippen LogP contribution in [0.5, 0.6) is 0 Å². The van der Waals surface area contributed by atoms with E-state index in [0.29, 0.717) is 12.5 Å². The maximum atomic E-state index is 12.0. The molecule has 2 rings (SSSR count). The van der Waals surface area contributed by atoms with E-state index in [2.05, 4.69) is 0 Å². The number of carbonyl (C=O) groups is 1. The van der Waals surface area contributed by atoms with Crippen molar-refractivity contribution in [3.8, 4) is 0 Å². The topological polar surface area (TPSA) is 29.5 Å². The molecule has 0 N–H and O–H groups in total. The molecule has 1 heterocycles. The van der Waals surface area contributed by atoms with Gasteiger partial charge in [0, 0.05) is 38.4 Å². The van der Waals surface area contributed by atoms with Crippen LogP contribution >= 0.6 is 0 Å². The van der Waals surface area contributed by atoms with Crippen LogP contribution in [0.4, 0.5) is 5.69 Å². The van der Waals surface area contributed by atoms with Crippen molar-refractivity contribution in [3.63, 3.8) is 0 Å². The Hall–Kier alpha value is -1.35. The normalized spacial score (nSPS) is 18.5. The number of rotatable bonds is 6. The Morgan fingerprint density at radius 3 is 2.63 bits per heavy atom. The van der Waals surface area contributed by atoms with Crippen LogP contribution in [-0.4, -0.2) is 32.6 Å². The van der Waals surface area contributed by atoms with E-state index in [0.717, 1.165) is 37.1 Å². The van der Waals surface area contributed by atoms with E-state index >= 15 is 0 Å². The van der Waals surface area contributed by atoms with Gasteiger partial charge in [-0.25, -0.2) is 0 Å². The predicted octanol–water partition coefficient (Wildman–Crippen LogP) is 3.28. The summed E-state index contributed by atoms with van der Waals surface area (Å²) >= 11 is 0. The summed E-state index contributed by atoms with van der Waals surface area (Å²) in [4.78, 5) is 14.1. The molecule has 1 aliphatic rings. The Morgan fingerprint density at radius 1 is 1.32 bits per heavy atom. The molecular formula is C16H23NO2. The van der Waals surface area contributed by atoms with E-state index < -0.39 is 0 Å². The molecule has 1 atom stereocenters. The van der Waals surface area contributed by atoms with Gasteiger partial charge in [0.2, 0.25) is 0 Å². The minimum atomic E-state index is 0.239. The molecule has 1 saturated heterocycles. The van der Waals surface area contributed by atoms with Crippen LogP contribution in [-0.2, 0) is 4.74 Å². The molecule has 1 unspecified atom stereocenters. The quantitative estimate of drug-likeness (QED) is 0.736. The molecule has 1 fully saturated rings. The van der Waals surface area contributed by atoms with E-state index in [1.165, 1.54) is 6.42 Å². The van der Waals surface area contributed by atoms with Gasteiger partial charge in [0.05, 0.1) is 6.10 Å². The molecular weight excluding hydrogens is 238 g/mol. The van der Waals surface area contributed by atoms with E-state index in [4.69, 9.17) is 4.74 Å². The van der Waals surface area contributed by atoms with Crippen molar-refractivity contribution < 1.29 is 9.53 Å². The Balaban J connectivity index is 1.78. The van der Waals surface area contributed by atoms with Crippen LogP contribution in [0.2, 0.25) is 0 Å². The fourth-order valence-electron chi connectivity index (χ4n) is 2.45. The Labute approximate surface area is 115 Å². The predicted molar refractivity (Wildman–Crippen MR) is 77.9 cm³/mol. The number of carbonyl (C=O) groups excluding carboxylic acids is 1. The van der Waals surface area contributed by atoms with Gasteiger partial charge in [-0.3, -0.25) is 4.79 Å². The zero-order chi connectivity index (χ0) is 13.7. The molecule has 0 aromatic heterocycles. The number of hydrogen-bond donors (Lipinski definition) is 0. The molecule has 0 aliphatic carbocycles. The summed E-state index contributed by atoms with van der Waals surface area (Å²) in [5.74, 6) is 0.239. The second-order valence-electron chi connectivity index (χ2n) is 5.39. The largest absolute Gasteiger partial charge is 0.378 e. The van der Waals surface area contributed by atoms with Crippen molar-refractivity contribution in [1.82, 2.24) is 0 Å². The maximum absolute atomic E-state index is 12.0. The first-order chi connectivity index (χ1) is 9.16. The van der Waals surface area contributed by atoms with Gasteiger partial charge in [-0.05, 0) is 49.9 Å². The van der Waals surface area contributed by atoms with Gasteiger partial charge in [0.1, 0.15) is 0 Å². The van der Waals surface area contributed by atoms with Crippen LogP contribution in [0.3, 0.4) is 0 Å². The van der Waals surface area contributed by atoms with Crippen LogP contribution in [0.1, 0.15) is 42.5 Å². The zero-order valence-electron chi connectivity index (χ0n) is 11.9. The number of ether oxygens (including phenoxy) is 1. The van der Waals surface area contributed by atoms with E-state index in [1.54, 1.807) is 0 Å². The van der Waals surface area contributed by atoms with Crippen LogP contribution in [0.25, 0.3) is 0 Å². The molecule has 0 amide bonds. The summed E-state index contributed by atoms with van der Waals surface area (Å²) in [5, 5.41) is 0. The molecule has 0 bridgehead atoms. The Morgan fingerprint density at radius 2 is 2.05 bits per heavy atom. The highest BCUT2D eigenvalue weighted by Crippen LogP contribution is 2.19. The van der Waals surface area contributed by atoms with Gasteiger partial charge in [0.25, 0.3) is 0 Å². The van der Waals surface area contributed by atoms with Crippen LogP contribution in [0.15, 0.2) is 24.3 Å². The summed E-state index contributed by atoms with van der Waals surface area (Å²) < 4.78 is 5.57. The van der Waals surface area contributed by atoms with E-state index in [1.807, 2.05) is 43.3 Å². The molecule has 104 valence electrons. The fraction of sp³-hybridized carbons (Fsp3) is 0.562. The lowest BCUT2D eigenvalue weighted by molar-refractivity contribution is 0.0923. The smallest absolute Gasteiger partial charge is 0.162 e. The molecule has 0 radical (unpaired) electrons. The molecule has 1 aromatic carbocycles. The third kappa shape index (κ3) is 4.06. The lowest BCUT2D eigenvalue weighted by atomic mass is 10.0. The average Bonchev–Trinajstić information content (AvgIpc) is 2.92. The molecule has 3 heteroatoms. The Kier molecular flexibility index (Phi) is 4.97. The van der Waals surface area contributed by atoms with Gasteiger partial charge in [0.15, 0.2) is 5.78 Å². The highest BCUT2D eigenvalue weighted by Gasteiger charge is 2.15. The van der Waals surface area contributed by atoms with Crippen LogP contribution in [0, 0.1) is 0 Å². The fourth-order valence-corrected chi connectivity index (χ4v) is 2.45. The van der Waals surface area contributed by atoms with Crippen molar-refractivity contribution in [3.05, 3.63) is 29.8 Å². The number of nitrogens with zero attached hydrogens (tertiary/aromatic N) is 1. The third-order valence-corrected chi connectivity index (χ3v) is 3.66. The first-order valence-electron chi connectivity index (χ1n) is 7.09. The monoisotopic (exact) mass is 261 g/mol. The lowest BCUT2D eigenvalue weighted by Crippen LogP contribution is -2.09. The zero-order valence-corrected chi connectivity index (χ0v) is 11.9. The van der Waals surface area contributed by atoms with Crippen molar-refractivity contribution in [2.24, 2.45) is 0 Å². The van der Waals surface area contributed by atoms with E-state index in [-0.39, 0.29) is 5.78 Å². The van der Waals surface area contributed by atoms with Crippen LogP contribution < -0.4 is 4.90 Å². The van der Waals surface area contributed by atoms with Crippen molar-refractivity contribution in [1.29, 1.82) is 0 Å². The second kappa shape index (κ2) is 6.71. The molecule has 1 aliphatic heterocycles. The Bertz CT molecular complexity index is 405. The molecule has 0 spiro atoms. The third-order valence-electron chi connectivity index (χ3n) is 3.66. The summed E-state index contributed by atoms with van der Waals surface area (Å²) in [6, 6.07) is 7.83. The number of ketones is 1. The standard InChI is InChI=1S/C16H23NO2/c1-17(2)14-10-8-13(9-11-14)16(18)7-3-5-15-6-4-12-19-15/h8-11,15H,3-7,12H2,1-2H3. The van der Waals surface area contributed by atoms with Gasteiger partial charge >= 0.3 is 0 Å². The van der Waals surface area contributed by atoms with Crippen molar-refractivity contribution in [2.45, 2.75) is 38.2 Å². The molecule has 0 saturated carbocycles. The summed E-state index contributed by atoms with van der Waals surface area (Å²) in [5.41, 5.74) is 1.94. The van der Waals surface area contributed by atoms with Gasteiger partial charge in [-0.15, -0.1) is 0 Å². The first-order valence-corrected chi connectivity index (χ1v) is 7.09. The van der Waals surface area contributed by atoms with E-state index in [9.17, 15) is 4.79 Å². The molecule has 1 aromatic rings. The lowest BCUT2D eigenvalue weighted by Gasteiger charge is -2.12. The van der Waals surface area contributed by atoms with Crippen molar-refractivity contribution >= 4 is 11.5 Å². The summed E-state index contributed by atoms with van der Waals surface area (Å²) in [6.45, 7) is 0.893. The number of hydrogen-bond acceptors (Lipinski definition) is 3. The molecule has 3 nitrogen and oxygen atoms in total. The minimum Gasteiger partial charge on any atom is -0.378 e. The second-order valence-corrected chi connectivity index (χ2v) is 5.39. The van der Waals surface area contributed by atoms with Gasteiger partial charge in [-0.2, -0.15) is 0 Å². The first kappa shape index (κ1) is 14.1. The number of anilines is 1. The average molecular weight is 261 g/mol. The van der Waals surface area contributed by atoms with Crippen molar-refractivity contribution in [2.75, 3.05) is 25.6 Å². The highest BCUT2D eigenvalue weighted by atomic mass is 16.5. The highest BCUT2D eigenvalue weighted by molar-refractivity contribution is 5.96. The van der Waals surface area contributed by atoms with Gasteiger partial charge < -0.3 is 9.64 Å². The summed E-state index contributed by atoms with van der Waals surface area (Å²) in [7, 11) is 4.00. The summed E-state index contributed by atoms with van der Waals surface area (Å²) in [6.07, 6.45) is 5.29. The minimum absolute atomic E-state index is 0.239. The number of benzene rings is 1. The number of Topliss-reactive ketones (excluding diaryl/α,β-unsaturated/α-hetero) is 1. The molecule has 19 heavy (non-hydrogen) atoms. The maximum Gasteiger partial charge on any atom is 0.162 e. The SMILES string of the molecule is CN(C)c1ccc(C(=O)CCCC2CCCO2)cc1. The van der Waals surface area contributed by atoms with Gasteiger partial charge in [-0.1, -0.05) is 0 Å².